The Morgan fingerprint density at radius 2 is 1.75 bits per heavy atom. The standard InChI is InChI=1S/C22H20N2O7S/c1-28-15-7-5-14(6-8-15)24-21(27)16(20(26)23-22(24)32)10-13-4-9-17(18(11-13)29-2)31-12-19(25)30-3/h4-11H,12H2,1-3H3,(H,23,26,32)/b16-10+. The first-order valence-corrected chi connectivity index (χ1v) is 9.72. The van der Waals surface area contributed by atoms with Crippen molar-refractivity contribution in [2.24, 2.45) is 0 Å². The highest BCUT2D eigenvalue weighted by atomic mass is 32.1. The maximum atomic E-state index is 13.1. The molecule has 32 heavy (non-hydrogen) atoms. The predicted octanol–water partition coefficient (Wildman–Crippen LogP) is 2.09. The molecule has 10 heteroatoms. The fraction of sp³-hybridized carbons (Fsp3) is 0.182. The normalized spacial score (nSPS) is 14.8. The van der Waals surface area contributed by atoms with Crippen LogP contribution in [-0.2, 0) is 19.1 Å². The van der Waals surface area contributed by atoms with Crippen molar-refractivity contribution in [2.45, 2.75) is 0 Å². The maximum Gasteiger partial charge on any atom is 0.343 e. The Bertz CT molecular complexity index is 1100. The number of hydrogen-bond donors (Lipinski definition) is 1. The molecule has 2 aromatic rings. The van der Waals surface area contributed by atoms with Crippen LogP contribution in [0.3, 0.4) is 0 Å². The second-order valence-corrected chi connectivity index (χ2v) is 6.82. The van der Waals surface area contributed by atoms with E-state index in [-0.39, 0.29) is 17.3 Å². The third-order valence-electron chi connectivity index (χ3n) is 4.50. The third kappa shape index (κ3) is 4.86. The van der Waals surface area contributed by atoms with Gasteiger partial charge in [-0.25, -0.2) is 4.79 Å². The number of methoxy groups -OCH3 is 3. The Morgan fingerprint density at radius 3 is 2.38 bits per heavy atom. The van der Waals surface area contributed by atoms with Crippen LogP contribution in [0.2, 0.25) is 0 Å². The number of ether oxygens (including phenoxy) is 4. The van der Waals surface area contributed by atoms with E-state index in [4.69, 9.17) is 26.4 Å². The molecule has 0 saturated carbocycles. The molecule has 0 unspecified atom stereocenters. The molecule has 0 spiro atoms. The van der Waals surface area contributed by atoms with Crippen molar-refractivity contribution < 1.29 is 33.3 Å². The zero-order valence-electron chi connectivity index (χ0n) is 17.5. The van der Waals surface area contributed by atoms with Gasteiger partial charge in [0.25, 0.3) is 11.8 Å². The topological polar surface area (TPSA) is 103 Å². The van der Waals surface area contributed by atoms with Crippen molar-refractivity contribution in [3.63, 3.8) is 0 Å². The van der Waals surface area contributed by atoms with Crippen LogP contribution in [0.5, 0.6) is 17.2 Å². The molecule has 0 atom stereocenters. The summed E-state index contributed by atoms with van der Waals surface area (Å²) >= 11 is 5.20. The van der Waals surface area contributed by atoms with Gasteiger partial charge in [-0.15, -0.1) is 0 Å². The summed E-state index contributed by atoms with van der Waals surface area (Å²) in [6.07, 6.45) is 1.42. The van der Waals surface area contributed by atoms with Crippen LogP contribution in [0.15, 0.2) is 48.0 Å². The Balaban J connectivity index is 1.90. The number of hydrogen-bond acceptors (Lipinski definition) is 8. The van der Waals surface area contributed by atoms with Crippen LogP contribution in [0.1, 0.15) is 5.56 Å². The van der Waals surface area contributed by atoms with Gasteiger partial charge in [0.1, 0.15) is 11.3 Å². The first-order chi connectivity index (χ1) is 15.4. The van der Waals surface area contributed by atoms with Crippen molar-refractivity contribution in [1.82, 2.24) is 5.32 Å². The van der Waals surface area contributed by atoms with E-state index in [0.717, 1.165) is 0 Å². The summed E-state index contributed by atoms with van der Waals surface area (Å²) in [5.41, 5.74) is 0.879. The van der Waals surface area contributed by atoms with Gasteiger partial charge in [0.05, 0.1) is 27.0 Å². The molecule has 1 aliphatic heterocycles. The van der Waals surface area contributed by atoms with Gasteiger partial charge < -0.3 is 18.9 Å². The largest absolute Gasteiger partial charge is 0.497 e. The van der Waals surface area contributed by atoms with Crippen LogP contribution in [0, 0.1) is 0 Å². The molecule has 0 aliphatic carbocycles. The van der Waals surface area contributed by atoms with Crippen molar-refractivity contribution in [3.8, 4) is 17.2 Å². The SMILES string of the molecule is COC(=O)COc1ccc(/C=C2\C(=O)NC(=S)N(c3ccc(OC)cc3)C2=O)cc1OC. The number of nitrogens with zero attached hydrogens (tertiary/aromatic N) is 1. The van der Waals surface area contributed by atoms with E-state index in [2.05, 4.69) is 10.1 Å². The molecule has 3 rings (SSSR count). The fourth-order valence-corrected chi connectivity index (χ4v) is 3.16. The first kappa shape index (κ1) is 22.8. The summed E-state index contributed by atoms with van der Waals surface area (Å²) in [7, 11) is 4.22. The summed E-state index contributed by atoms with van der Waals surface area (Å²) in [6, 6.07) is 11.4. The lowest BCUT2D eigenvalue weighted by atomic mass is 10.1. The van der Waals surface area contributed by atoms with E-state index in [1.54, 1.807) is 42.5 Å². The van der Waals surface area contributed by atoms with Crippen molar-refractivity contribution in [1.29, 1.82) is 0 Å². The van der Waals surface area contributed by atoms with E-state index < -0.39 is 17.8 Å². The van der Waals surface area contributed by atoms with E-state index in [9.17, 15) is 14.4 Å². The second-order valence-electron chi connectivity index (χ2n) is 6.43. The number of carbonyl (C=O) groups is 3. The van der Waals surface area contributed by atoms with Gasteiger partial charge in [-0.05, 0) is 60.3 Å². The van der Waals surface area contributed by atoms with Crippen LogP contribution >= 0.6 is 12.2 Å². The molecular weight excluding hydrogens is 436 g/mol. The number of rotatable bonds is 7. The predicted molar refractivity (Wildman–Crippen MR) is 120 cm³/mol. The second kappa shape index (κ2) is 9.92. The molecule has 0 radical (unpaired) electrons. The first-order valence-electron chi connectivity index (χ1n) is 9.31. The van der Waals surface area contributed by atoms with Gasteiger partial charge in [-0.3, -0.25) is 19.8 Å². The Kier molecular flexibility index (Phi) is 7.06. The van der Waals surface area contributed by atoms with Gasteiger partial charge in [-0.2, -0.15) is 0 Å². The van der Waals surface area contributed by atoms with Crippen LogP contribution in [-0.4, -0.2) is 50.8 Å². The fourth-order valence-electron chi connectivity index (χ4n) is 2.88. The molecule has 1 saturated heterocycles. The third-order valence-corrected chi connectivity index (χ3v) is 4.79. The highest BCUT2D eigenvalue weighted by molar-refractivity contribution is 7.80. The molecule has 1 heterocycles. The summed E-state index contributed by atoms with van der Waals surface area (Å²) in [6.45, 7) is -0.289. The van der Waals surface area contributed by atoms with Gasteiger partial charge in [0.15, 0.2) is 23.2 Å². The highest BCUT2D eigenvalue weighted by Gasteiger charge is 2.34. The molecule has 0 aromatic heterocycles. The Morgan fingerprint density at radius 1 is 1.03 bits per heavy atom. The summed E-state index contributed by atoms with van der Waals surface area (Å²) < 4.78 is 20.3. The zero-order valence-corrected chi connectivity index (χ0v) is 18.4. The summed E-state index contributed by atoms with van der Waals surface area (Å²) in [5.74, 6) is -0.499. The van der Waals surface area contributed by atoms with E-state index in [0.29, 0.717) is 28.5 Å². The van der Waals surface area contributed by atoms with Gasteiger partial charge in [0, 0.05) is 0 Å². The van der Waals surface area contributed by atoms with Gasteiger partial charge >= 0.3 is 5.97 Å². The molecule has 9 nitrogen and oxygen atoms in total. The summed E-state index contributed by atoms with van der Waals surface area (Å²) in [5, 5.41) is 2.51. The quantitative estimate of drug-likeness (QED) is 0.292. The molecule has 1 fully saturated rings. The average Bonchev–Trinajstić information content (AvgIpc) is 2.80. The van der Waals surface area contributed by atoms with Crippen molar-refractivity contribution in [2.75, 3.05) is 32.8 Å². The minimum atomic E-state index is -0.616. The number of amides is 2. The number of thiocarbonyl (C=S) groups is 1. The van der Waals surface area contributed by atoms with Crippen LogP contribution < -0.4 is 24.4 Å². The van der Waals surface area contributed by atoms with E-state index in [1.165, 1.54) is 32.3 Å². The number of anilines is 1. The number of nitrogens with one attached hydrogen (secondary N) is 1. The Hall–Kier alpha value is -3.92. The molecule has 0 bridgehead atoms. The smallest absolute Gasteiger partial charge is 0.343 e. The molecule has 1 N–H and O–H groups in total. The number of esters is 1. The monoisotopic (exact) mass is 456 g/mol. The van der Waals surface area contributed by atoms with Crippen molar-refractivity contribution >= 4 is 46.9 Å². The lowest BCUT2D eigenvalue weighted by molar-refractivity contribution is -0.143. The maximum absolute atomic E-state index is 13.1. The minimum absolute atomic E-state index is 0.0218. The molecule has 1 aliphatic rings. The lowest BCUT2D eigenvalue weighted by Gasteiger charge is -2.29. The summed E-state index contributed by atoms with van der Waals surface area (Å²) in [4.78, 5) is 38.1. The highest BCUT2D eigenvalue weighted by Crippen LogP contribution is 2.30. The van der Waals surface area contributed by atoms with E-state index >= 15 is 0 Å². The zero-order chi connectivity index (χ0) is 23.3. The Labute approximate surface area is 189 Å². The molecule has 166 valence electrons. The number of benzene rings is 2. The molecular formula is C22H20N2O7S. The molecule has 2 aromatic carbocycles. The minimum Gasteiger partial charge on any atom is -0.497 e. The molecule has 2 amide bonds. The van der Waals surface area contributed by atoms with E-state index in [1.807, 2.05) is 0 Å². The van der Waals surface area contributed by atoms with Crippen LogP contribution in [0.4, 0.5) is 5.69 Å². The van der Waals surface area contributed by atoms with Crippen LogP contribution in [0.25, 0.3) is 6.08 Å². The number of carbonyl (C=O) groups excluding carboxylic acids is 3. The van der Waals surface area contributed by atoms with Crippen molar-refractivity contribution in [3.05, 3.63) is 53.6 Å². The average molecular weight is 456 g/mol. The van der Waals surface area contributed by atoms with Gasteiger partial charge in [-0.1, -0.05) is 6.07 Å². The lowest BCUT2D eigenvalue weighted by Crippen LogP contribution is -2.54. The van der Waals surface area contributed by atoms with Gasteiger partial charge in [0.2, 0.25) is 0 Å².